The molecule has 6 heteroatoms. The molecule has 1 aliphatic rings. The molecule has 0 saturated heterocycles. The van der Waals surface area contributed by atoms with Gasteiger partial charge in [-0.1, -0.05) is 44.9 Å². The van der Waals surface area contributed by atoms with Crippen LogP contribution in [0.5, 0.6) is 0 Å². The van der Waals surface area contributed by atoms with Crippen LogP contribution in [0.4, 0.5) is 9.59 Å². The fraction of sp³-hybridized carbons (Fsp3) is 0.778. The summed E-state index contributed by atoms with van der Waals surface area (Å²) in [5.74, 6) is 0. The van der Waals surface area contributed by atoms with Crippen molar-refractivity contribution in [3.05, 3.63) is 0 Å². The molecule has 0 aromatic carbocycles. The van der Waals surface area contributed by atoms with E-state index in [4.69, 9.17) is 9.59 Å². The predicted molar refractivity (Wildman–Crippen MR) is 59.9 cm³/mol. The lowest BCUT2D eigenvalue weighted by atomic mass is 10.2. The second-order valence-electron chi connectivity index (χ2n) is 3.28. The number of amides is 4. The number of hydrogen-bond donors (Lipinski definition) is 4. The molecular weight excluding hydrogens is 196 g/mol. The largest absolute Gasteiger partial charge is 0.352 e. The summed E-state index contributed by atoms with van der Waals surface area (Å²) < 4.78 is 0. The Morgan fingerprint density at radius 3 is 0.667 bits per heavy atom. The number of nitrogens with two attached hydrogens (primary N) is 4. The smallest absolute Gasteiger partial charge is 0.309 e. The van der Waals surface area contributed by atoms with E-state index in [1.54, 1.807) is 0 Å². The Morgan fingerprint density at radius 2 is 0.600 bits per heavy atom. The Kier molecular flexibility index (Phi) is 13.4. The maximum Gasteiger partial charge on any atom is 0.309 e. The zero-order chi connectivity index (χ0) is 12.1. The third kappa shape index (κ3) is 45.4. The molecule has 6 nitrogen and oxygen atoms in total. The second kappa shape index (κ2) is 12.5. The summed E-state index contributed by atoms with van der Waals surface area (Å²) in [5, 5.41) is 0. The van der Waals surface area contributed by atoms with Crippen molar-refractivity contribution in [2.75, 3.05) is 0 Å². The van der Waals surface area contributed by atoms with Crippen LogP contribution in [-0.2, 0) is 0 Å². The molecule has 15 heavy (non-hydrogen) atoms. The van der Waals surface area contributed by atoms with Gasteiger partial charge in [0.2, 0.25) is 0 Å². The van der Waals surface area contributed by atoms with Crippen LogP contribution in [0.1, 0.15) is 44.9 Å². The highest BCUT2D eigenvalue weighted by Crippen LogP contribution is 2.15. The van der Waals surface area contributed by atoms with Gasteiger partial charge >= 0.3 is 12.1 Å². The molecule has 0 radical (unpaired) electrons. The number of hydrogen-bond acceptors (Lipinski definition) is 2. The average Bonchev–Trinajstić information content (AvgIpc) is 2.31. The summed E-state index contributed by atoms with van der Waals surface area (Å²) in [6.07, 6.45) is 10.5. The quantitative estimate of drug-likeness (QED) is 0.446. The highest BCUT2D eigenvalue weighted by molar-refractivity contribution is 5.69. The van der Waals surface area contributed by atoms with Crippen LogP contribution < -0.4 is 22.9 Å². The van der Waals surface area contributed by atoms with Gasteiger partial charge in [-0.15, -0.1) is 0 Å². The Bertz CT molecular complexity index is 134. The fourth-order valence-electron chi connectivity index (χ4n) is 1.24. The minimum atomic E-state index is -0.833. The molecule has 1 rings (SSSR count). The minimum absolute atomic E-state index is 0.833. The summed E-state index contributed by atoms with van der Waals surface area (Å²) in [6, 6.07) is -1.67. The summed E-state index contributed by atoms with van der Waals surface area (Å²) in [6.45, 7) is 0. The standard InChI is InChI=1S/C7H14.2CH4N2O/c1-2-4-6-7-5-3-1;2*2-1(3)4/h1-7H2;2*(H4,2,3,4). The van der Waals surface area contributed by atoms with Crippen molar-refractivity contribution in [3.63, 3.8) is 0 Å². The van der Waals surface area contributed by atoms with Crippen LogP contribution in [0.25, 0.3) is 0 Å². The molecule has 0 aromatic rings. The van der Waals surface area contributed by atoms with Crippen LogP contribution in [0.2, 0.25) is 0 Å². The number of carbonyl (C=O) groups is 2. The van der Waals surface area contributed by atoms with Gasteiger partial charge < -0.3 is 22.9 Å². The molecule has 0 aliphatic heterocycles. The van der Waals surface area contributed by atoms with Crippen molar-refractivity contribution >= 4 is 12.1 Å². The lowest BCUT2D eigenvalue weighted by Gasteiger charge is -1.85. The molecule has 0 unspecified atom stereocenters. The van der Waals surface area contributed by atoms with E-state index in [1.807, 2.05) is 0 Å². The van der Waals surface area contributed by atoms with E-state index in [1.165, 1.54) is 44.9 Å². The third-order valence-electron chi connectivity index (χ3n) is 1.75. The normalized spacial score (nSPS) is 14.4. The maximum atomic E-state index is 9.00. The van der Waals surface area contributed by atoms with E-state index in [0.29, 0.717) is 0 Å². The molecule has 0 bridgehead atoms. The van der Waals surface area contributed by atoms with Gasteiger partial charge in [0.05, 0.1) is 0 Å². The van der Waals surface area contributed by atoms with Crippen molar-refractivity contribution in [2.45, 2.75) is 44.9 Å². The Hall–Kier alpha value is -1.46. The Morgan fingerprint density at radius 1 is 0.533 bits per heavy atom. The average molecular weight is 218 g/mol. The molecule has 8 N–H and O–H groups in total. The predicted octanol–water partition coefficient (Wildman–Crippen LogP) is 0.778. The third-order valence-corrected chi connectivity index (χ3v) is 1.75. The van der Waals surface area contributed by atoms with Crippen molar-refractivity contribution in [3.8, 4) is 0 Å². The lowest BCUT2D eigenvalue weighted by Crippen LogP contribution is -2.18. The number of rotatable bonds is 0. The van der Waals surface area contributed by atoms with E-state index < -0.39 is 12.1 Å². The van der Waals surface area contributed by atoms with Crippen molar-refractivity contribution in [2.24, 2.45) is 22.9 Å². The zero-order valence-electron chi connectivity index (χ0n) is 9.08. The molecule has 0 heterocycles. The number of primary amides is 4. The second-order valence-corrected chi connectivity index (χ2v) is 3.28. The van der Waals surface area contributed by atoms with Gasteiger partial charge in [-0.3, -0.25) is 0 Å². The van der Waals surface area contributed by atoms with E-state index in [0.717, 1.165) is 0 Å². The molecule has 0 spiro atoms. The van der Waals surface area contributed by atoms with Gasteiger partial charge in [0.1, 0.15) is 0 Å². The first kappa shape index (κ1) is 16.0. The number of carbonyl (C=O) groups excluding carboxylic acids is 2. The van der Waals surface area contributed by atoms with Crippen LogP contribution in [0, 0.1) is 0 Å². The highest BCUT2D eigenvalue weighted by Gasteiger charge is 1.95. The SMILES string of the molecule is C1CCCCCC1.NC(N)=O.NC(N)=O. The van der Waals surface area contributed by atoms with Gasteiger partial charge in [0.25, 0.3) is 0 Å². The summed E-state index contributed by atoms with van der Waals surface area (Å²) in [4.78, 5) is 18.0. The van der Waals surface area contributed by atoms with Crippen LogP contribution >= 0.6 is 0 Å². The summed E-state index contributed by atoms with van der Waals surface area (Å²) in [7, 11) is 0. The highest BCUT2D eigenvalue weighted by atomic mass is 16.2. The van der Waals surface area contributed by atoms with E-state index in [9.17, 15) is 0 Å². The first-order chi connectivity index (χ1) is 6.96. The molecule has 1 fully saturated rings. The monoisotopic (exact) mass is 218 g/mol. The van der Waals surface area contributed by atoms with Crippen molar-refractivity contribution < 1.29 is 9.59 Å². The van der Waals surface area contributed by atoms with Crippen LogP contribution in [0.3, 0.4) is 0 Å². The topological polar surface area (TPSA) is 138 Å². The van der Waals surface area contributed by atoms with E-state index in [2.05, 4.69) is 22.9 Å². The molecule has 0 aromatic heterocycles. The van der Waals surface area contributed by atoms with Crippen LogP contribution in [0.15, 0.2) is 0 Å². The van der Waals surface area contributed by atoms with Gasteiger partial charge in [-0.05, 0) is 0 Å². The molecular formula is C9H22N4O2. The molecule has 4 amide bonds. The van der Waals surface area contributed by atoms with Gasteiger partial charge in [-0.25, -0.2) is 9.59 Å². The van der Waals surface area contributed by atoms with Crippen molar-refractivity contribution in [1.29, 1.82) is 0 Å². The van der Waals surface area contributed by atoms with Crippen LogP contribution in [-0.4, -0.2) is 12.1 Å². The maximum absolute atomic E-state index is 9.00. The molecule has 1 aliphatic carbocycles. The van der Waals surface area contributed by atoms with Crippen molar-refractivity contribution in [1.82, 2.24) is 0 Å². The van der Waals surface area contributed by atoms with E-state index in [-0.39, 0.29) is 0 Å². The first-order valence-corrected chi connectivity index (χ1v) is 5.06. The van der Waals surface area contributed by atoms with Gasteiger partial charge in [-0.2, -0.15) is 0 Å². The zero-order valence-corrected chi connectivity index (χ0v) is 9.08. The number of urea groups is 2. The minimum Gasteiger partial charge on any atom is -0.352 e. The summed E-state index contributed by atoms with van der Waals surface area (Å²) >= 11 is 0. The first-order valence-electron chi connectivity index (χ1n) is 5.06. The van der Waals surface area contributed by atoms with E-state index >= 15 is 0 Å². The Balaban J connectivity index is 0. The Labute approximate surface area is 90.3 Å². The lowest BCUT2D eigenvalue weighted by molar-refractivity contribution is 0.255. The molecule has 90 valence electrons. The molecule has 0 atom stereocenters. The summed E-state index contributed by atoms with van der Waals surface area (Å²) in [5.41, 5.74) is 17.0. The molecule has 1 saturated carbocycles. The van der Waals surface area contributed by atoms with Gasteiger partial charge in [0.15, 0.2) is 0 Å². The fourth-order valence-corrected chi connectivity index (χ4v) is 1.24. The van der Waals surface area contributed by atoms with Gasteiger partial charge in [0, 0.05) is 0 Å².